The van der Waals surface area contributed by atoms with E-state index in [0.717, 1.165) is 12.8 Å². The van der Waals surface area contributed by atoms with Crippen LogP contribution in [0.25, 0.3) is 0 Å². The van der Waals surface area contributed by atoms with Gasteiger partial charge in [0, 0.05) is 30.9 Å². The van der Waals surface area contributed by atoms with Crippen molar-refractivity contribution in [3.63, 3.8) is 0 Å². The Morgan fingerprint density at radius 3 is 2.65 bits per heavy atom. The Kier molecular flexibility index (Phi) is 7.39. The van der Waals surface area contributed by atoms with E-state index in [1.165, 1.54) is 18.2 Å². The fourth-order valence-corrected chi connectivity index (χ4v) is 3.58. The summed E-state index contributed by atoms with van der Waals surface area (Å²) < 4.78 is 13.8. The van der Waals surface area contributed by atoms with Gasteiger partial charge in [-0.3, -0.25) is 14.4 Å². The van der Waals surface area contributed by atoms with Gasteiger partial charge in [0.15, 0.2) is 0 Å². The van der Waals surface area contributed by atoms with E-state index in [4.69, 9.17) is 0 Å². The number of nitrogens with one attached hydrogen (secondary N) is 2. The fourth-order valence-electron chi connectivity index (χ4n) is 3.58. The molecule has 0 spiro atoms. The highest BCUT2D eigenvalue weighted by atomic mass is 19.1. The second kappa shape index (κ2) is 10.2. The number of halogens is 1. The van der Waals surface area contributed by atoms with Crippen LogP contribution in [0.3, 0.4) is 0 Å². The maximum absolute atomic E-state index is 13.8. The fraction of sp³-hybridized carbons (Fsp3) is 0.375. The van der Waals surface area contributed by atoms with Crippen molar-refractivity contribution in [2.45, 2.75) is 26.7 Å². The molecule has 1 saturated heterocycles. The predicted octanol–water partition coefficient (Wildman–Crippen LogP) is 3.70. The van der Waals surface area contributed by atoms with Gasteiger partial charge in [-0.15, -0.1) is 0 Å². The van der Waals surface area contributed by atoms with E-state index in [-0.39, 0.29) is 23.3 Å². The number of carbonyl (C=O) groups is 3. The van der Waals surface area contributed by atoms with E-state index < -0.39 is 11.7 Å². The van der Waals surface area contributed by atoms with Crippen LogP contribution in [0.1, 0.15) is 47.4 Å². The maximum Gasteiger partial charge on any atom is 0.258 e. The first-order valence-corrected chi connectivity index (χ1v) is 10.6. The summed E-state index contributed by atoms with van der Waals surface area (Å²) in [7, 11) is 0. The molecule has 1 aliphatic heterocycles. The maximum atomic E-state index is 13.8. The average Bonchev–Trinajstić information content (AvgIpc) is 2.77. The summed E-state index contributed by atoms with van der Waals surface area (Å²) in [5, 5.41) is 5.58. The third kappa shape index (κ3) is 5.90. The predicted molar refractivity (Wildman–Crippen MR) is 117 cm³/mol. The summed E-state index contributed by atoms with van der Waals surface area (Å²) in [6.07, 6.45) is 1.52. The van der Waals surface area contributed by atoms with Gasteiger partial charge in [0.2, 0.25) is 5.91 Å². The van der Waals surface area contributed by atoms with Crippen LogP contribution >= 0.6 is 0 Å². The van der Waals surface area contributed by atoms with Crippen molar-refractivity contribution in [1.82, 2.24) is 10.2 Å². The van der Waals surface area contributed by atoms with Crippen molar-refractivity contribution in [2.24, 2.45) is 11.8 Å². The number of rotatable bonds is 6. The number of nitrogens with zero attached hydrogens (tertiary/aromatic N) is 1. The second-order valence-electron chi connectivity index (χ2n) is 8.24. The van der Waals surface area contributed by atoms with Gasteiger partial charge in [-0.05, 0) is 49.1 Å². The summed E-state index contributed by atoms with van der Waals surface area (Å²) >= 11 is 0. The Morgan fingerprint density at radius 2 is 1.90 bits per heavy atom. The summed E-state index contributed by atoms with van der Waals surface area (Å²) in [4.78, 5) is 39.5. The summed E-state index contributed by atoms with van der Waals surface area (Å²) in [5.41, 5.74) is 0.752. The number of anilines is 1. The van der Waals surface area contributed by atoms with E-state index >= 15 is 0 Å². The molecule has 1 unspecified atom stereocenters. The third-order valence-corrected chi connectivity index (χ3v) is 5.25. The van der Waals surface area contributed by atoms with Gasteiger partial charge in [-0.25, -0.2) is 4.39 Å². The smallest absolute Gasteiger partial charge is 0.258 e. The zero-order valence-electron chi connectivity index (χ0n) is 17.9. The molecule has 2 aromatic rings. The van der Waals surface area contributed by atoms with Crippen LogP contribution in [-0.4, -0.2) is 42.3 Å². The first kappa shape index (κ1) is 22.5. The van der Waals surface area contributed by atoms with Crippen molar-refractivity contribution in [2.75, 3.05) is 25.0 Å². The highest BCUT2D eigenvalue weighted by Gasteiger charge is 2.29. The van der Waals surface area contributed by atoms with E-state index in [1.54, 1.807) is 35.2 Å². The Labute approximate surface area is 181 Å². The van der Waals surface area contributed by atoms with Crippen molar-refractivity contribution in [3.05, 3.63) is 65.5 Å². The summed E-state index contributed by atoms with van der Waals surface area (Å²) in [5.74, 6) is -1.25. The number of hydrogen-bond donors (Lipinski definition) is 2. The molecule has 164 valence electrons. The van der Waals surface area contributed by atoms with E-state index in [2.05, 4.69) is 10.6 Å². The lowest BCUT2D eigenvalue weighted by molar-refractivity contribution is -0.126. The number of benzene rings is 2. The molecule has 1 atom stereocenters. The lowest BCUT2D eigenvalue weighted by atomic mass is 9.96. The molecule has 3 rings (SSSR count). The molecule has 2 aromatic carbocycles. The van der Waals surface area contributed by atoms with Gasteiger partial charge in [0.05, 0.1) is 11.5 Å². The van der Waals surface area contributed by atoms with Crippen LogP contribution in [0.2, 0.25) is 0 Å². The molecule has 1 fully saturated rings. The van der Waals surface area contributed by atoms with Gasteiger partial charge in [-0.2, -0.15) is 0 Å². The molecule has 31 heavy (non-hydrogen) atoms. The minimum Gasteiger partial charge on any atom is -0.356 e. The lowest BCUT2D eigenvalue weighted by Crippen LogP contribution is -2.46. The number of hydrogen-bond acceptors (Lipinski definition) is 3. The standard InChI is InChI=1S/C24H28FN3O3/c1-16(2)14-26-22(29)18-8-6-12-28(15-18)24(31)17-7-5-9-19(13-17)27-23(30)20-10-3-4-11-21(20)25/h3-5,7,9-11,13,16,18H,6,8,12,14-15H2,1-2H3,(H,26,29)(H,27,30). The highest BCUT2D eigenvalue weighted by molar-refractivity contribution is 6.05. The molecule has 1 heterocycles. The normalized spacial score (nSPS) is 16.1. The van der Waals surface area contributed by atoms with Gasteiger partial charge in [-0.1, -0.05) is 32.0 Å². The Hall–Kier alpha value is -3.22. The largest absolute Gasteiger partial charge is 0.356 e. The molecule has 6 nitrogen and oxygen atoms in total. The molecule has 3 amide bonds. The van der Waals surface area contributed by atoms with Crippen LogP contribution < -0.4 is 10.6 Å². The quantitative estimate of drug-likeness (QED) is 0.741. The SMILES string of the molecule is CC(C)CNC(=O)C1CCCN(C(=O)c2cccc(NC(=O)c3ccccc3F)c2)C1. The Balaban J connectivity index is 1.66. The van der Waals surface area contributed by atoms with Gasteiger partial charge in [0.1, 0.15) is 5.82 Å². The molecule has 1 aliphatic rings. The van der Waals surface area contributed by atoms with Crippen molar-refractivity contribution in [3.8, 4) is 0 Å². The number of likely N-dealkylation sites (tertiary alicyclic amines) is 1. The Bertz CT molecular complexity index is 961. The molecule has 0 aliphatic carbocycles. The first-order chi connectivity index (χ1) is 14.8. The minimum atomic E-state index is -0.609. The molecule has 0 saturated carbocycles. The molecule has 0 bridgehead atoms. The molecule has 7 heteroatoms. The number of amides is 3. The summed E-state index contributed by atoms with van der Waals surface area (Å²) in [6.45, 7) is 5.64. The zero-order chi connectivity index (χ0) is 22.4. The van der Waals surface area contributed by atoms with Crippen molar-refractivity contribution < 1.29 is 18.8 Å². The molecule has 2 N–H and O–H groups in total. The first-order valence-electron chi connectivity index (χ1n) is 10.6. The lowest BCUT2D eigenvalue weighted by Gasteiger charge is -2.32. The third-order valence-electron chi connectivity index (χ3n) is 5.25. The minimum absolute atomic E-state index is 0.0166. The highest BCUT2D eigenvalue weighted by Crippen LogP contribution is 2.21. The number of piperidine rings is 1. The van der Waals surface area contributed by atoms with Gasteiger partial charge in [0.25, 0.3) is 11.8 Å². The zero-order valence-corrected chi connectivity index (χ0v) is 17.9. The van der Waals surface area contributed by atoms with Crippen molar-refractivity contribution >= 4 is 23.4 Å². The van der Waals surface area contributed by atoms with Crippen molar-refractivity contribution in [1.29, 1.82) is 0 Å². The van der Waals surface area contributed by atoms with Crippen LogP contribution in [0, 0.1) is 17.7 Å². The molecule has 0 aromatic heterocycles. The van der Waals surface area contributed by atoms with Crippen LogP contribution in [0.15, 0.2) is 48.5 Å². The average molecular weight is 426 g/mol. The Morgan fingerprint density at radius 1 is 1.13 bits per heavy atom. The topological polar surface area (TPSA) is 78.5 Å². The summed E-state index contributed by atoms with van der Waals surface area (Å²) in [6, 6.07) is 12.3. The van der Waals surface area contributed by atoms with Gasteiger partial charge < -0.3 is 15.5 Å². The van der Waals surface area contributed by atoms with E-state index in [9.17, 15) is 18.8 Å². The number of carbonyl (C=O) groups excluding carboxylic acids is 3. The van der Waals surface area contributed by atoms with Crippen LogP contribution in [-0.2, 0) is 4.79 Å². The van der Waals surface area contributed by atoms with Crippen LogP contribution in [0.5, 0.6) is 0 Å². The van der Waals surface area contributed by atoms with E-state index in [1.807, 2.05) is 13.8 Å². The molecular weight excluding hydrogens is 397 g/mol. The monoisotopic (exact) mass is 425 g/mol. The second-order valence-corrected chi connectivity index (χ2v) is 8.24. The van der Waals surface area contributed by atoms with Crippen LogP contribution in [0.4, 0.5) is 10.1 Å². The molecule has 0 radical (unpaired) electrons. The molecular formula is C24H28FN3O3. The van der Waals surface area contributed by atoms with Gasteiger partial charge >= 0.3 is 0 Å². The van der Waals surface area contributed by atoms with E-state index in [0.29, 0.717) is 36.8 Å².